The normalized spacial score (nSPS) is 9.45. The second-order valence-electron chi connectivity index (χ2n) is 1.65. The Labute approximate surface area is 58.7 Å². The molecule has 1 heterocycles. The monoisotopic (exact) mass is 162 g/mol. The number of H-pyrrole nitrogens is 2. The zero-order valence-corrected chi connectivity index (χ0v) is 5.12. The molecule has 0 aliphatic heterocycles. The van der Waals surface area contributed by atoms with Gasteiger partial charge in [0.25, 0.3) is 0 Å². The minimum absolute atomic E-state index is 0.668. The third kappa shape index (κ3) is 1.51. The van der Waals surface area contributed by atoms with Crippen molar-refractivity contribution >= 4 is 5.97 Å². The molecule has 7 nitrogen and oxygen atoms in total. The zero-order valence-electron chi connectivity index (χ0n) is 5.12. The van der Waals surface area contributed by atoms with E-state index in [1.54, 1.807) is 4.98 Å². The fourth-order valence-electron chi connectivity index (χ4n) is 0.495. The molecule has 0 atom stereocenters. The largest absolute Gasteiger partial charge is 0.475 e. The Balaban J connectivity index is 3.42. The highest BCUT2D eigenvalue weighted by atomic mass is 16.4. The first kappa shape index (κ1) is 7.19. The number of rotatable bonds is 1. The van der Waals surface area contributed by atoms with Crippen LogP contribution in [-0.2, 0) is 0 Å². The van der Waals surface area contributed by atoms with Crippen LogP contribution in [0.25, 0.3) is 0 Å². The van der Waals surface area contributed by atoms with Crippen LogP contribution < -0.4 is 11.4 Å². The predicted molar refractivity (Wildman–Crippen MR) is 32.4 cm³/mol. The molecule has 0 fully saturated rings. The highest BCUT2D eigenvalue weighted by Gasteiger charge is 2.05. The SMILES string of the molecule is O=C(O)c1[15n][13c](=O)[15nH][13c](=O)[15nH]1. The topological polar surface area (TPSA) is 116 Å². The summed E-state index contributed by atoms with van der Waals surface area (Å²) in [6, 6.07) is 0. The Kier molecular flexibility index (Phi) is 1.55. The Morgan fingerprint density at radius 2 is 2.00 bits per heavy atom. The summed E-state index contributed by atoms with van der Waals surface area (Å²) in [5.41, 5.74) is -1.87. The zero-order chi connectivity index (χ0) is 8.43. The Bertz CT molecular complexity index is 361. The van der Waals surface area contributed by atoms with Gasteiger partial charge < -0.3 is 5.11 Å². The van der Waals surface area contributed by atoms with E-state index < -0.39 is 23.2 Å². The van der Waals surface area contributed by atoms with Crippen LogP contribution in [0.1, 0.15) is 10.6 Å². The summed E-state index contributed by atoms with van der Waals surface area (Å²) in [5.74, 6) is -2.12. The number of aromatic carboxylic acids is 1. The molecule has 11 heavy (non-hydrogen) atoms. The molecular weight excluding hydrogens is 159 g/mol. The minimum Gasteiger partial charge on any atom is -0.475 e. The van der Waals surface area contributed by atoms with E-state index in [-0.39, 0.29) is 0 Å². The number of carboxylic acids is 1. The van der Waals surface area contributed by atoms with Crippen molar-refractivity contribution in [1.82, 2.24) is 15.0 Å². The summed E-state index contributed by atoms with van der Waals surface area (Å²) < 4.78 is 0. The fraction of sp³-hybridized carbons (Fsp3) is 0. The summed E-state index contributed by atoms with van der Waals surface area (Å²) in [5, 5.41) is 8.25. The van der Waals surface area contributed by atoms with E-state index in [9.17, 15) is 14.4 Å². The third-order valence-electron chi connectivity index (χ3n) is 0.868. The molecule has 0 saturated carbocycles. The van der Waals surface area contributed by atoms with Crippen LogP contribution in [0.15, 0.2) is 9.59 Å². The van der Waals surface area contributed by atoms with Gasteiger partial charge in [-0.25, -0.2) is 14.4 Å². The number of nitrogens with zero attached hydrogens (tertiary/aromatic N) is 1. The number of carboxylic acid groups (broad SMARTS) is 1. The first-order chi connectivity index (χ1) is 5.09. The van der Waals surface area contributed by atoms with Crippen LogP contribution >= 0.6 is 0 Å². The van der Waals surface area contributed by atoms with E-state index in [1.165, 1.54) is 0 Å². The quantitative estimate of drug-likeness (QED) is 0.448. The minimum atomic E-state index is -1.45. The Hall–Kier alpha value is -1.92. The van der Waals surface area contributed by atoms with Gasteiger partial charge in [0.15, 0.2) is 0 Å². The maximum absolute atomic E-state index is 10.4. The predicted octanol–water partition coefficient (Wildman–Crippen LogP) is -1.84. The van der Waals surface area contributed by atoms with Gasteiger partial charge in [-0.05, 0) is 0 Å². The van der Waals surface area contributed by atoms with Gasteiger partial charge >= 0.3 is 17.3 Å². The molecule has 1 aromatic heterocycles. The maximum Gasteiger partial charge on any atom is 0.372 e. The molecule has 58 valence electrons. The highest BCUT2D eigenvalue weighted by Crippen LogP contribution is 1.75. The van der Waals surface area contributed by atoms with Gasteiger partial charge in [-0.15, -0.1) is 0 Å². The van der Waals surface area contributed by atoms with E-state index in [0.717, 1.165) is 0 Å². The Morgan fingerprint density at radius 3 is 2.45 bits per heavy atom. The maximum atomic E-state index is 10.4. The van der Waals surface area contributed by atoms with Gasteiger partial charge in [-0.3, -0.25) is 9.97 Å². The van der Waals surface area contributed by atoms with Crippen molar-refractivity contribution in [3.05, 3.63) is 26.8 Å². The fourth-order valence-corrected chi connectivity index (χ4v) is 0.495. The van der Waals surface area contributed by atoms with Gasteiger partial charge in [-0.1, -0.05) is 0 Å². The lowest BCUT2D eigenvalue weighted by Gasteiger charge is -1.88. The van der Waals surface area contributed by atoms with Crippen molar-refractivity contribution in [3.63, 3.8) is 0 Å². The number of hydrogen-bond donors (Lipinski definition) is 3. The number of carbonyl (C=O) groups is 1. The van der Waals surface area contributed by atoms with Gasteiger partial charge in [0.05, 0.1) is 0 Å². The molecule has 0 aromatic carbocycles. The van der Waals surface area contributed by atoms with E-state index >= 15 is 0 Å². The second kappa shape index (κ2) is 2.37. The summed E-state index contributed by atoms with van der Waals surface area (Å²) in [7, 11) is 0. The van der Waals surface area contributed by atoms with Crippen LogP contribution in [0, 0.1) is 0 Å². The van der Waals surface area contributed by atoms with Gasteiger partial charge in [0.1, 0.15) is 0 Å². The number of nitrogens with one attached hydrogen (secondary N) is 2. The van der Waals surface area contributed by atoms with Crippen molar-refractivity contribution in [1.29, 1.82) is 0 Å². The van der Waals surface area contributed by atoms with Crippen LogP contribution in [0.3, 0.4) is 0 Å². The summed E-state index contributed by atoms with van der Waals surface area (Å²) >= 11 is 0. The standard InChI is InChI=1S/C4H3N3O4/c8-2(9)1-5-3(10)7-4(11)6-1/h(H,8,9)(H2,5,6,7,10,11)/i3+1,4+1,5+1,6+1,7+1. The Morgan fingerprint density at radius 1 is 1.36 bits per heavy atom. The van der Waals surface area contributed by atoms with Crippen molar-refractivity contribution in [3.8, 4) is 0 Å². The van der Waals surface area contributed by atoms with Crippen molar-refractivity contribution in [2.24, 2.45) is 0 Å². The van der Waals surface area contributed by atoms with Crippen molar-refractivity contribution < 1.29 is 9.90 Å². The lowest BCUT2D eigenvalue weighted by Crippen LogP contribution is -2.28. The summed E-state index contributed by atoms with van der Waals surface area (Å²) in [4.78, 5) is 37.4. The highest BCUT2D eigenvalue weighted by molar-refractivity contribution is 5.82. The third-order valence-corrected chi connectivity index (χ3v) is 0.868. The summed E-state index contributed by atoms with van der Waals surface area (Å²) in [6.45, 7) is 0. The van der Waals surface area contributed by atoms with Crippen LogP contribution in [-0.4, -0.2) is 26.0 Å². The first-order valence-corrected chi connectivity index (χ1v) is 2.53. The molecule has 7 heteroatoms. The van der Waals surface area contributed by atoms with Crippen LogP contribution in [0.5, 0.6) is 0 Å². The molecule has 0 spiro atoms. The molecule has 3 N–H and O–H groups in total. The molecule has 1 aromatic rings. The smallest absolute Gasteiger partial charge is 0.372 e. The van der Waals surface area contributed by atoms with Gasteiger partial charge in [0.2, 0.25) is 5.82 Å². The molecule has 0 aliphatic carbocycles. The molecule has 0 unspecified atom stereocenters. The number of hydrogen-bond acceptors (Lipinski definition) is 4. The molecule has 1 rings (SSSR count). The number of aromatic amines is 2. The molecule has 0 aliphatic rings. The molecule has 0 bridgehead atoms. The lowest BCUT2D eigenvalue weighted by molar-refractivity contribution is 0.0682. The van der Waals surface area contributed by atoms with Gasteiger partial charge in [-0.2, -0.15) is 4.98 Å². The molecule has 0 amide bonds. The van der Waals surface area contributed by atoms with E-state index in [2.05, 4.69) is 4.98 Å². The van der Waals surface area contributed by atoms with Crippen LogP contribution in [0.2, 0.25) is 0 Å². The van der Waals surface area contributed by atoms with Crippen molar-refractivity contribution in [2.75, 3.05) is 0 Å². The van der Waals surface area contributed by atoms with Crippen LogP contribution in [0.4, 0.5) is 0 Å². The van der Waals surface area contributed by atoms with Crippen molar-refractivity contribution in [2.45, 2.75) is 0 Å². The number of aromatic nitrogens is 3. The average Bonchev–Trinajstić information content (AvgIpc) is 1.85. The van der Waals surface area contributed by atoms with E-state index in [1.807, 2.05) is 4.98 Å². The second-order valence-corrected chi connectivity index (χ2v) is 1.65. The molecule has 0 saturated heterocycles. The lowest BCUT2D eigenvalue weighted by atomic mass is 10.7. The summed E-state index contributed by atoms with van der Waals surface area (Å²) in [6.07, 6.45) is 0. The first-order valence-electron chi connectivity index (χ1n) is 2.53. The van der Waals surface area contributed by atoms with E-state index in [4.69, 9.17) is 5.11 Å². The average molecular weight is 162 g/mol. The molecule has 0 radical (unpaired) electrons. The van der Waals surface area contributed by atoms with Gasteiger partial charge in [0, 0.05) is 0 Å². The molecular formula is C4H3N3O4. The van der Waals surface area contributed by atoms with E-state index in [0.29, 0.717) is 0 Å².